The zero-order chi connectivity index (χ0) is 13.5. The number of alkyl halides is 3. The number of fused-ring (bicyclic) bond motifs is 1. The van der Waals surface area contributed by atoms with Crippen molar-refractivity contribution in [1.29, 1.82) is 0 Å². The standard InChI is InChI=1S/C12H8F3NO2/c1-6-4-9(11(17)18)8-5-7(12(13,14)15)2-3-10(8)16-6/h2-5H,1H3,(H,17,18). The van der Waals surface area contributed by atoms with Gasteiger partial charge in [0.25, 0.3) is 0 Å². The summed E-state index contributed by atoms with van der Waals surface area (Å²) in [7, 11) is 0. The van der Waals surface area contributed by atoms with Crippen molar-refractivity contribution < 1.29 is 23.1 Å². The first-order valence-corrected chi connectivity index (χ1v) is 5.01. The van der Waals surface area contributed by atoms with Crippen LogP contribution in [0.15, 0.2) is 24.3 Å². The number of aryl methyl sites for hydroxylation is 1. The summed E-state index contributed by atoms with van der Waals surface area (Å²) in [6, 6.07) is 4.13. The van der Waals surface area contributed by atoms with E-state index in [9.17, 15) is 18.0 Å². The molecule has 1 aromatic heterocycles. The Morgan fingerprint density at radius 2 is 1.94 bits per heavy atom. The molecule has 0 amide bonds. The Labute approximate surface area is 99.9 Å². The molecule has 1 N–H and O–H groups in total. The lowest BCUT2D eigenvalue weighted by atomic mass is 10.0. The fourth-order valence-corrected chi connectivity index (χ4v) is 1.71. The van der Waals surface area contributed by atoms with E-state index in [1.54, 1.807) is 6.92 Å². The molecular formula is C12H8F3NO2. The van der Waals surface area contributed by atoms with E-state index in [0.717, 1.165) is 12.1 Å². The normalized spacial score (nSPS) is 11.8. The van der Waals surface area contributed by atoms with Gasteiger partial charge in [-0.1, -0.05) is 0 Å². The maximum absolute atomic E-state index is 12.6. The molecule has 0 aliphatic rings. The van der Waals surface area contributed by atoms with Crippen LogP contribution in [0, 0.1) is 6.92 Å². The summed E-state index contributed by atoms with van der Waals surface area (Å²) in [6.45, 7) is 1.59. The Bertz CT molecular complexity index is 635. The second-order valence-corrected chi connectivity index (χ2v) is 3.85. The zero-order valence-corrected chi connectivity index (χ0v) is 9.25. The van der Waals surface area contributed by atoms with Crippen molar-refractivity contribution in [2.45, 2.75) is 13.1 Å². The van der Waals surface area contributed by atoms with Gasteiger partial charge in [0.15, 0.2) is 0 Å². The Kier molecular flexibility index (Phi) is 2.73. The average Bonchev–Trinajstić information content (AvgIpc) is 2.25. The predicted molar refractivity (Wildman–Crippen MR) is 58.4 cm³/mol. The third kappa shape index (κ3) is 2.13. The van der Waals surface area contributed by atoms with Gasteiger partial charge in [0.1, 0.15) is 0 Å². The summed E-state index contributed by atoms with van der Waals surface area (Å²) in [6.07, 6.45) is -4.51. The van der Waals surface area contributed by atoms with Gasteiger partial charge in [-0.05, 0) is 31.2 Å². The highest BCUT2D eigenvalue weighted by atomic mass is 19.4. The SMILES string of the molecule is Cc1cc(C(=O)O)c2cc(C(F)(F)F)ccc2n1. The summed E-state index contributed by atoms with van der Waals surface area (Å²) in [4.78, 5) is 15.0. The van der Waals surface area contributed by atoms with Gasteiger partial charge in [0.2, 0.25) is 0 Å². The quantitative estimate of drug-likeness (QED) is 0.850. The largest absolute Gasteiger partial charge is 0.478 e. The minimum absolute atomic E-state index is 0.0112. The van der Waals surface area contributed by atoms with Gasteiger partial charge in [-0.2, -0.15) is 13.2 Å². The van der Waals surface area contributed by atoms with Gasteiger partial charge in [-0.3, -0.25) is 4.98 Å². The lowest BCUT2D eigenvalue weighted by molar-refractivity contribution is -0.137. The molecule has 0 spiro atoms. The highest BCUT2D eigenvalue weighted by Gasteiger charge is 2.31. The number of halogens is 3. The number of pyridine rings is 1. The minimum Gasteiger partial charge on any atom is -0.478 e. The molecule has 0 bridgehead atoms. The van der Waals surface area contributed by atoms with E-state index in [1.807, 2.05) is 0 Å². The Balaban J connectivity index is 2.79. The van der Waals surface area contributed by atoms with Crippen LogP contribution in [0.3, 0.4) is 0 Å². The van der Waals surface area contributed by atoms with Crippen LogP contribution < -0.4 is 0 Å². The number of aromatic nitrogens is 1. The highest BCUT2D eigenvalue weighted by Crippen LogP contribution is 2.32. The van der Waals surface area contributed by atoms with E-state index in [1.165, 1.54) is 12.1 Å². The first-order valence-electron chi connectivity index (χ1n) is 5.01. The van der Waals surface area contributed by atoms with Crippen LogP contribution in [0.4, 0.5) is 13.2 Å². The van der Waals surface area contributed by atoms with Gasteiger partial charge in [0.05, 0.1) is 16.6 Å². The number of nitrogens with zero attached hydrogens (tertiary/aromatic N) is 1. The summed E-state index contributed by atoms with van der Waals surface area (Å²) in [5.74, 6) is -1.27. The molecule has 0 atom stereocenters. The van der Waals surface area contributed by atoms with Crippen LogP contribution in [0.2, 0.25) is 0 Å². The van der Waals surface area contributed by atoms with Crippen molar-refractivity contribution in [2.24, 2.45) is 0 Å². The molecule has 3 nitrogen and oxygen atoms in total. The molecule has 0 radical (unpaired) electrons. The van der Waals surface area contributed by atoms with E-state index < -0.39 is 17.7 Å². The number of carboxylic acids is 1. The maximum atomic E-state index is 12.6. The molecule has 94 valence electrons. The number of rotatable bonds is 1. The van der Waals surface area contributed by atoms with E-state index in [4.69, 9.17) is 5.11 Å². The van der Waals surface area contributed by atoms with Crippen LogP contribution in [0.5, 0.6) is 0 Å². The molecule has 1 heterocycles. The fourth-order valence-electron chi connectivity index (χ4n) is 1.71. The van der Waals surface area contributed by atoms with Crippen molar-refractivity contribution in [1.82, 2.24) is 4.98 Å². The molecule has 2 aromatic rings. The third-order valence-corrected chi connectivity index (χ3v) is 2.49. The average molecular weight is 255 g/mol. The van der Waals surface area contributed by atoms with Crippen molar-refractivity contribution in [3.63, 3.8) is 0 Å². The van der Waals surface area contributed by atoms with Crippen molar-refractivity contribution in [2.75, 3.05) is 0 Å². The van der Waals surface area contributed by atoms with Crippen molar-refractivity contribution >= 4 is 16.9 Å². The number of aromatic carboxylic acids is 1. The Morgan fingerprint density at radius 3 is 2.50 bits per heavy atom. The Morgan fingerprint density at radius 1 is 1.28 bits per heavy atom. The fraction of sp³-hybridized carbons (Fsp3) is 0.167. The molecule has 1 aromatic carbocycles. The molecule has 0 aliphatic heterocycles. The summed E-state index contributed by atoms with van der Waals surface area (Å²) in [5.41, 5.74) is -0.383. The number of hydrogen-bond donors (Lipinski definition) is 1. The molecule has 2 rings (SSSR count). The molecule has 0 fully saturated rings. The van der Waals surface area contributed by atoms with Gasteiger partial charge in [-0.15, -0.1) is 0 Å². The van der Waals surface area contributed by atoms with Crippen molar-refractivity contribution in [3.05, 3.63) is 41.1 Å². The van der Waals surface area contributed by atoms with Gasteiger partial charge in [-0.25, -0.2) is 4.79 Å². The molecule has 6 heteroatoms. The topological polar surface area (TPSA) is 50.2 Å². The molecule has 0 saturated heterocycles. The number of carboxylic acid groups (broad SMARTS) is 1. The third-order valence-electron chi connectivity index (χ3n) is 2.49. The lowest BCUT2D eigenvalue weighted by Gasteiger charge is -2.09. The summed E-state index contributed by atoms with van der Waals surface area (Å²) in [5, 5.41) is 8.98. The van der Waals surface area contributed by atoms with Crippen LogP contribution in [-0.2, 0) is 6.18 Å². The molecular weight excluding hydrogens is 247 g/mol. The van der Waals surface area contributed by atoms with Crippen LogP contribution in [0.1, 0.15) is 21.6 Å². The van der Waals surface area contributed by atoms with E-state index in [-0.39, 0.29) is 16.5 Å². The maximum Gasteiger partial charge on any atom is 0.416 e. The van der Waals surface area contributed by atoms with E-state index >= 15 is 0 Å². The molecule has 18 heavy (non-hydrogen) atoms. The highest BCUT2D eigenvalue weighted by molar-refractivity contribution is 6.02. The molecule has 0 unspecified atom stereocenters. The second kappa shape index (κ2) is 3.97. The number of hydrogen-bond acceptors (Lipinski definition) is 2. The first-order chi connectivity index (χ1) is 8.29. The van der Waals surface area contributed by atoms with Crippen LogP contribution in [-0.4, -0.2) is 16.1 Å². The predicted octanol–water partition coefficient (Wildman–Crippen LogP) is 3.26. The summed E-state index contributed by atoms with van der Waals surface area (Å²) >= 11 is 0. The second-order valence-electron chi connectivity index (χ2n) is 3.85. The zero-order valence-electron chi connectivity index (χ0n) is 9.25. The first kappa shape index (κ1) is 12.3. The minimum atomic E-state index is -4.51. The number of benzene rings is 1. The molecule has 0 aliphatic carbocycles. The monoisotopic (exact) mass is 255 g/mol. The van der Waals surface area contributed by atoms with Crippen LogP contribution >= 0.6 is 0 Å². The Hall–Kier alpha value is -2.11. The van der Waals surface area contributed by atoms with E-state index in [2.05, 4.69) is 4.98 Å². The van der Waals surface area contributed by atoms with Crippen molar-refractivity contribution in [3.8, 4) is 0 Å². The smallest absolute Gasteiger partial charge is 0.416 e. The van der Waals surface area contributed by atoms with Gasteiger partial charge in [0, 0.05) is 11.1 Å². The number of carbonyl (C=O) groups is 1. The molecule has 0 saturated carbocycles. The summed E-state index contributed by atoms with van der Waals surface area (Å²) < 4.78 is 37.7. The van der Waals surface area contributed by atoms with E-state index in [0.29, 0.717) is 5.69 Å². The van der Waals surface area contributed by atoms with Gasteiger partial charge >= 0.3 is 12.1 Å². The lowest BCUT2D eigenvalue weighted by Crippen LogP contribution is -2.06. The van der Waals surface area contributed by atoms with Gasteiger partial charge < -0.3 is 5.11 Å². The van der Waals surface area contributed by atoms with Crippen LogP contribution in [0.25, 0.3) is 10.9 Å².